The van der Waals surface area contributed by atoms with Crippen molar-refractivity contribution in [2.45, 2.75) is 20.8 Å². The molecular weight excluding hydrogens is 1060 g/mol. The van der Waals surface area contributed by atoms with Crippen LogP contribution < -0.4 is 21.3 Å². The topological polar surface area (TPSA) is 208 Å². The summed E-state index contributed by atoms with van der Waals surface area (Å²) >= 11 is 21.6. The summed E-state index contributed by atoms with van der Waals surface area (Å²) in [5.74, 6) is -0.979. The van der Waals surface area contributed by atoms with E-state index < -0.39 is 21.0 Å². The molecule has 0 aliphatic rings. The molecule has 0 heterocycles. The number of benzene rings is 8. The molecule has 0 radical (unpaired) electrons. The smallest absolute Gasteiger partial charge is 0.255 e. The Balaban J connectivity index is 0.000000189. The number of carbonyl (C=O) groups is 8. The van der Waals surface area contributed by atoms with Crippen LogP contribution in [0.5, 0.6) is 0 Å². The number of nitrogens with one attached hydrogen (secondary N) is 4. The zero-order valence-electron chi connectivity index (χ0n) is 41.2. The van der Waals surface area contributed by atoms with Crippen LogP contribution in [0.4, 0.5) is 22.7 Å². The molecule has 17 heteroatoms. The van der Waals surface area contributed by atoms with Gasteiger partial charge in [-0.25, -0.2) is 0 Å². The van der Waals surface area contributed by atoms with Crippen LogP contribution in [0.3, 0.4) is 0 Å². The summed E-state index contributed by atoms with van der Waals surface area (Å²) in [5.41, 5.74) is 9.10. The van der Waals surface area contributed by atoms with Crippen molar-refractivity contribution in [3.63, 3.8) is 0 Å². The largest absolute Gasteiger partial charge is 0.322 e. The number of hydrogen-bond acceptors (Lipinski definition) is 9. The van der Waals surface area contributed by atoms with Crippen LogP contribution in [0.15, 0.2) is 194 Å². The highest BCUT2D eigenvalue weighted by Crippen LogP contribution is 2.19. The monoisotopic (exact) mass is 1100 g/mol. The molecule has 0 aromatic heterocycles. The molecule has 0 saturated carbocycles. The van der Waals surface area contributed by atoms with Crippen molar-refractivity contribution in [2.24, 2.45) is 0 Å². The molecule has 13 nitrogen and oxygen atoms in total. The van der Waals surface area contributed by atoms with Crippen LogP contribution in [0.25, 0.3) is 0 Å². The van der Waals surface area contributed by atoms with Crippen molar-refractivity contribution >= 4 is 114 Å². The third-order valence-corrected chi connectivity index (χ3v) is 11.5. The van der Waals surface area contributed by atoms with E-state index in [-0.39, 0.29) is 23.6 Å². The van der Waals surface area contributed by atoms with Crippen LogP contribution in [-0.2, 0) is 0 Å². The summed E-state index contributed by atoms with van der Waals surface area (Å²) in [4.78, 5) is 92.3. The maximum absolute atomic E-state index is 12.1. The van der Waals surface area contributed by atoms with Gasteiger partial charge in [0.1, 0.15) is 0 Å². The Kier molecular flexibility index (Phi) is 22.3. The van der Waals surface area contributed by atoms with E-state index in [1.807, 2.05) is 63.2 Å². The lowest BCUT2D eigenvalue weighted by atomic mass is 10.1. The Bertz CT molecular complexity index is 3530. The number of hydrogen-bond donors (Lipinski definition) is 4. The van der Waals surface area contributed by atoms with Gasteiger partial charge in [-0.15, -0.1) is 0 Å². The highest BCUT2D eigenvalue weighted by atomic mass is 35.5. The zero-order chi connectivity index (χ0) is 56.0. The SMILES string of the molecule is Cc1ccc(C(=O)Nc2cccc(C(=O)Cl)c2)cc1.Cc1cccc(C(=O)Nc2cccc(C(=O)Cl)c2)c1.Cc1ccccc1C(=O)Nc1cccc(C(=O)Cl)c1.N#Cc1ccc(C(=O)Nc2cccc(C(=O)Cl)c2)cc1. The number of anilines is 4. The third-order valence-electron chi connectivity index (χ3n) is 10.6. The van der Waals surface area contributed by atoms with E-state index in [1.165, 1.54) is 6.07 Å². The predicted octanol–water partition coefficient (Wildman–Crippen LogP) is 14.1. The first kappa shape index (κ1) is 58.9. The van der Waals surface area contributed by atoms with Gasteiger partial charge in [0.15, 0.2) is 0 Å². The molecule has 8 aromatic carbocycles. The van der Waals surface area contributed by atoms with Crippen molar-refractivity contribution in [3.8, 4) is 6.07 Å². The van der Waals surface area contributed by atoms with Crippen LogP contribution >= 0.6 is 46.4 Å². The van der Waals surface area contributed by atoms with Gasteiger partial charge in [0.25, 0.3) is 44.6 Å². The molecule has 4 N–H and O–H groups in total. The summed E-state index contributed by atoms with van der Waals surface area (Å²) in [6, 6.07) is 55.9. The van der Waals surface area contributed by atoms with E-state index in [9.17, 15) is 38.4 Å². The zero-order valence-corrected chi connectivity index (χ0v) is 44.2. The maximum atomic E-state index is 12.1. The molecule has 0 aliphatic carbocycles. The summed E-state index contributed by atoms with van der Waals surface area (Å²) in [5, 5.41) is 17.3. The lowest BCUT2D eigenvalue weighted by Crippen LogP contribution is -2.13. The minimum Gasteiger partial charge on any atom is -0.322 e. The number of aryl methyl sites for hydroxylation is 3. The van der Waals surface area contributed by atoms with Crippen molar-refractivity contribution < 1.29 is 38.4 Å². The van der Waals surface area contributed by atoms with Crippen LogP contribution in [0.2, 0.25) is 0 Å². The average Bonchev–Trinajstić information content (AvgIpc) is 3.42. The number of nitrogens with zero attached hydrogens (tertiary/aromatic N) is 1. The molecule has 8 rings (SSSR count). The number of amides is 4. The summed E-state index contributed by atoms with van der Waals surface area (Å²) in [7, 11) is 0. The van der Waals surface area contributed by atoms with Gasteiger partial charge in [0.2, 0.25) is 0 Å². The molecule has 4 amide bonds. The van der Waals surface area contributed by atoms with Crippen LogP contribution in [0, 0.1) is 32.1 Å². The van der Waals surface area contributed by atoms with Crippen LogP contribution in [-0.4, -0.2) is 44.6 Å². The third kappa shape index (κ3) is 19.0. The average molecular weight is 1110 g/mol. The van der Waals surface area contributed by atoms with Crippen molar-refractivity contribution in [2.75, 3.05) is 21.3 Å². The number of rotatable bonds is 12. The predicted molar refractivity (Wildman–Crippen MR) is 303 cm³/mol. The molecular formula is C60H45Cl4N5O8. The maximum Gasteiger partial charge on any atom is 0.255 e. The first-order valence-corrected chi connectivity index (χ1v) is 24.5. The summed E-state index contributed by atoms with van der Waals surface area (Å²) < 4.78 is 0. The van der Waals surface area contributed by atoms with Gasteiger partial charge in [-0.05, 0) is 200 Å². The normalized spacial score (nSPS) is 9.90. The second-order valence-corrected chi connectivity index (χ2v) is 17.8. The van der Waals surface area contributed by atoms with Gasteiger partial charge in [-0.1, -0.05) is 77.9 Å². The molecule has 0 saturated heterocycles. The van der Waals surface area contributed by atoms with E-state index >= 15 is 0 Å². The molecule has 8 aromatic rings. The number of carbonyl (C=O) groups excluding carboxylic acids is 8. The van der Waals surface area contributed by atoms with E-state index in [0.29, 0.717) is 72.8 Å². The first-order valence-electron chi connectivity index (χ1n) is 22.9. The fourth-order valence-electron chi connectivity index (χ4n) is 6.70. The Morgan fingerprint density at radius 3 is 1.04 bits per heavy atom. The van der Waals surface area contributed by atoms with Crippen molar-refractivity contribution in [1.82, 2.24) is 0 Å². The summed E-state index contributed by atoms with van der Waals surface area (Å²) in [6.07, 6.45) is 0. The van der Waals surface area contributed by atoms with E-state index in [1.54, 1.807) is 152 Å². The molecule has 77 heavy (non-hydrogen) atoms. The van der Waals surface area contributed by atoms with Gasteiger partial charge in [-0.2, -0.15) is 5.26 Å². The minimum atomic E-state index is -0.584. The van der Waals surface area contributed by atoms with Crippen molar-refractivity contribution in [1.29, 1.82) is 5.26 Å². The fraction of sp³-hybridized carbons (Fsp3) is 0.0500. The number of halogens is 4. The molecule has 386 valence electrons. The minimum absolute atomic E-state index is 0.211. The second-order valence-electron chi connectivity index (χ2n) is 16.5. The highest BCUT2D eigenvalue weighted by molar-refractivity contribution is 6.68. The lowest BCUT2D eigenvalue weighted by Gasteiger charge is -2.08. The standard InChI is InChI=1S/C15H9ClN2O2.3C15H12ClNO2/c16-14(19)12-2-1-3-13(8-12)18-15(20)11-6-4-10(9-17)5-7-11;1-10-4-2-6-12(8-10)15(19)17-13-7-3-5-11(9-13)14(16)18;1-10-5-2-3-8-13(10)15(19)17-12-7-4-6-11(9-12)14(16)18;1-10-5-7-11(8-6-10)15(19)17-13-4-2-3-12(9-13)14(16)18/h1-8H,(H,18,20);3*2-9H,1H3,(H,17,19). The van der Waals surface area contributed by atoms with Gasteiger partial charge >= 0.3 is 0 Å². The highest BCUT2D eigenvalue weighted by Gasteiger charge is 2.13. The van der Waals surface area contributed by atoms with Gasteiger partial charge in [0.05, 0.1) is 11.6 Å². The van der Waals surface area contributed by atoms with Gasteiger partial charge in [0, 0.05) is 67.3 Å². The Labute approximate surface area is 463 Å². The summed E-state index contributed by atoms with van der Waals surface area (Å²) in [6.45, 7) is 5.74. The molecule has 0 fully saturated rings. The molecule has 0 atom stereocenters. The van der Waals surface area contributed by atoms with Gasteiger partial charge in [-0.3, -0.25) is 38.4 Å². The van der Waals surface area contributed by atoms with E-state index in [2.05, 4.69) is 21.3 Å². The molecule has 0 bridgehead atoms. The quantitative estimate of drug-likeness (QED) is 0.0857. The molecule has 0 unspecified atom stereocenters. The Hall–Kier alpha value is -9.03. The van der Waals surface area contributed by atoms with E-state index in [4.69, 9.17) is 51.7 Å². The fourth-order valence-corrected chi connectivity index (χ4v) is 7.17. The number of nitriles is 1. The Morgan fingerprint density at radius 2 is 0.675 bits per heavy atom. The molecule has 0 spiro atoms. The Morgan fingerprint density at radius 1 is 0.338 bits per heavy atom. The van der Waals surface area contributed by atoms with Crippen molar-refractivity contribution in [3.05, 3.63) is 261 Å². The van der Waals surface area contributed by atoms with E-state index in [0.717, 1.165) is 16.7 Å². The lowest BCUT2D eigenvalue weighted by molar-refractivity contribution is 0.101. The second kappa shape index (κ2) is 29.2. The molecule has 0 aliphatic heterocycles. The van der Waals surface area contributed by atoms with Crippen LogP contribution in [0.1, 0.15) is 105 Å². The van der Waals surface area contributed by atoms with Gasteiger partial charge < -0.3 is 21.3 Å². The first-order chi connectivity index (χ1) is 36.8.